The fourth-order valence-electron chi connectivity index (χ4n) is 3.39. The number of unbranched alkanes of at least 4 members (excludes halogenated alkanes) is 2. The molecular weight excluding hydrogens is 264 g/mol. The topological polar surface area (TPSA) is 63.4 Å². The summed E-state index contributed by atoms with van der Waals surface area (Å²) in [7, 11) is 0. The van der Waals surface area contributed by atoms with Crippen LogP contribution in [0.15, 0.2) is 12.1 Å². The molecule has 0 bridgehead atoms. The lowest BCUT2D eigenvalue weighted by molar-refractivity contribution is -0.117. The van der Waals surface area contributed by atoms with Gasteiger partial charge in [0.25, 0.3) is 0 Å². The predicted octanol–water partition coefficient (Wildman–Crippen LogP) is 2.22. The second-order valence-electron chi connectivity index (χ2n) is 5.99. The van der Waals surface area contributed by atoms with Crippen molar-refractivity contribution in [1.82, 2.24) is 0 Å². The number of Topliss-reactive ketones (excluding diaryl/α,β-unsaturated/α-hetero) is 1. The van der Waals surface area contributed by atoms with Gasteiger partial charge in [0.2, 0.25) is 5.91 Å². The van der Waals surface area contributed by atoms with Crippen LogP contribution in [0.25, 0.3) is 0 Å². The van der Waals surface area contributed by atoms with Gasteiger partial charge in [0.05, 0.1) is 12.1 Å². The summed E-state index contributed by atoms with van der Waals surface area (Å²) < 4.78 is 0. The number of nitrogens with zero attached hydrogens (tertiary/aromatic N) is 1. The van der Waals surface area contributed by atoms with Crippen LogP contribution in [0.1, 0.15) is 53.6 Å². The third-order valence-corrected chi connectivity index (χ3v) is 4.44. The summed E-state index contributed by atoms with van der Waals surface area (Å²) in [5.74, 6) is 0.376. The molecule has 0 saturated heterocycles. The molecule has 2 aliphatic heterocycles. The van der Waals surface area contributed by atoms with E-state index in [0.29, 0.717) is 19.4 Å². The van der Waals surface area contributed by atoms with Crippen LogP contribution in [0.5, 0.6) is 0 Å². The van der Waals surface area contributed by atoms with Crippen LogP contribution < -0.4 is 10.6 Å². The Kier molecular flexibility index (Phi) is 4.06. The van der Waals surface area contributed by atoms with Gasteiger partial charge in [-0.15, -0.1) is 0 Å². The van der Waals surface area contributed by atoms with E-state index in [-0.39, 0.29) is 11.7 Å². The second kappa shape index (κ2) is 5.98. The van der Waals surface area contributed by atoms with Crippen molar-refractivity contribution in [3.8, 4) is 0 Å². The zero-order valence-electron chi connectivity index (χ0n) is 12.4. The molecule has 2 aliphatic rings. The summed E-state index contributed by atoms with van der Waals surface area (Å²) in [6, 6.07) is 3.95. The molecule has 0 atom stereocenters. The zero-order chi connectivity index (χ0) is 14.8. The Bertz CT molecular complexity index is 580. The average Bonchev–Trinajstić information content (AvgIpc) is 2.81. The smallest absolute Gasteiger partial charge is 0.231 e. The van der Waals surface area contributed by atoms with Gasteiger partial charge in [0, 0.05) is 18.5 Å². The first-order valence-corrected chi connectivity index (χ1v) is 7.90. The molecule has 4 heteroatoms. The fourth-order valence-corrected chi connectivity index (χ4v) is 3.39. The van der Waals surface area contributed by atoms with E-state index in [2.05, 4.69) is 0 Å². The first-order valence-electron chi connectivity index (χ1n) is 7.90. The van der Waals surface area contributed by atoms with Crippen LogP contribution in [-0.2, 0) is 17.6 Å². The van der Waals surface area contributed by atoms with Gasteiger partial charge in [-0.2, -0.15) is 0 Å². The fraction of sp³-hybridized carbons (Fsp3) is 0.529. The number of rotatable bonds is 6. The van der Waals surface area contributed by atoms with E-state index < -0.39 is 0 Å². The van der Waals surface area contributed by atoms with Crippen LogP contribution >= 0.6 is 0 Å². The molecule has 1 aromatic rings. The molecular formula is C17H22N2O2. The molecule has 112 valence electrons. The van der Waals surface area contributed by atoms with Crippen LogP contribution in [-0.4, -0.2) is 24.8 Å². The molecule has 1 amide bonds. The molecule has 0 radical (unpaired) electrons. The Hall–Kier alpha value is -1.68. The van der Waals surface area contributed by atoms with Gasteiger partial charge in [0.15, 0.2) is 5.78 Å². The molecule has 3 rings (SSSR count). The van der Waals surface area contributed by atoms with E-state index in [1.807, 2.05) is 17.0 Å². The highest BCUT2D eigenvalue weighted by Crippen LogP contribution is 2.37. The lowest BCUT2D eigenvalue weighted by Gasteiger charge is -2.25. The summed E-state index contributed by atoms with van der Waals surface area (Å²) in [4.78, 5) is 26.2. The van der Waals surface area contributed by atoms with E-state index in [4.69, 9.17) is 5.73 Å². The van der Waals surface area contributed by atoms with E-state index in [1.54, 1.807) is 0 Å². The van der Waals surface area contributed by atoms with Crippen molar-refractivity contribution in [3.05, 3.63) is 28.8 Å². The SMILES string of the molecule is NCCCCCC(=O)c1cc2c3c(c1)CC(=O)N3CCC2. The van der Waals surface area contributed by atoms with Crippen LogP contribution in [0.2, 0.25) is 0 Å². The molecule has 1 aromatic carbocycles. The van der Waals surface area contributed by atoms with Gasteiger partial charge in [-0.05, 0) is 55.5 Å². The molecule has 0 spiro atoms. The normalized spacial score (nSPS) is 16.2. The number of aryl methyl sites for hydroxylation is 1. The summed E-state index contributed by atoms with van der Waals surface area (Å²) in [5.41, 5.74) is 9.56. The van der Waals surface area contributed by atoms with Crippen molar-refractivity contribution < 1.29 is 9.59 Å². The van der Waals surface area contributed by atoms with E-state index in [1.165, 1.54) is 5.56 Å². The lowest BCUT2D eigenvalue weighted by Crippen LogP contribution is -2.31. The predicted molar refractivity (Wildman–Crippen MR) is 82.7 cm³/mol. The number of benzene rings is 1. The summed E-state index contributed by atoms with van der Waals surface area (Å²) in [6.07, 6.45) is 5.88. The zero-order valence-corrected chi connectivity index (χ0v) is 12.4. The van der Waals surface area contributed by atoms with E-state index in [0.717, 1.165) is 55.5 Å². The van der Waals surface area contributed by atoms with E-state index >= 15 is 0 Å². The van der Waals surface area contributed by atoms with Crippen LogP contribution in [0.4, 0.5) is 5.69 Å². The highest BCUT2D eigenvalue weighted by molar-refractivity contribution is 6.05. The van der Waals surface area contributed by atoms with Gasteiger partial charge in [-0.3, -0.25) is 9.59 Å². The molecule has 0 unspecified atom stereocenters. The monoisotopic (exact) mass is 286 g/mol. The maximum atomic E-state index is 12.3. The van der Waals surface area contributed by atoms with Gasteiger partial charge in [-0.1, -0.05) is 6.42 Å². The third-order valence-electron chi connectivity index (χ3n) is 4.44. The molecule has 0 aromatic heterocycles. The van der Waals surface area contributed by atoms with Crippen molar-refractivity contribution in [2.45, 2.75) is 44.9 Å². The van der Waals surface area contributed by atoms with Crippen LogP contribution in [0, 0.1) is 0 Å². The number of hydrogen-bond donors (Lipinski definition) is 1. The number of amides is 1. The first kappa shape index (κ1) is 14.3. The molecule has 0 fully saturated rings. The molecule has 0 saturated carbocycles. The standard InChI is InChI=1S/C17H22N2O2/c18-7-3-1-2-6-15(20)13-9-12-5-4-8-19-16(21)11-14(10-13)17(12)19/h9-10H,1-8,11,18H2. The Labute approximate surface area is 125 Å². The summed E-state index contributed by atoms with van der Waals surface area (Å²) >= 11 is 0. The minimum atomic E-state index is 0.179. The van der Waals surface area contributed by atoms with Gasteiger partial charge in [-0.25, -0.2) is 0 Å². The number of ketones is 1. The van der Waals surface area contributed by atoms with Crippen molar-refractivity contribution in [1.29, 1.82) is 0 Å². The molecule has 0 aliphatic carbocycles. The van der Waals surface area contributed by atoms with Crippen molar-refractivity contribution in [2.75, 3.05) is 18.0 Å². The lowest BCUT2D eigenvalue weighted by atomic mass is 9.94. The quantitative estimate of drug-likeness (QED) is 0.644. The second-order valence-corrected chi connectivity index (χ2v) is 5.99. The summed E-state index contributed by atoms with van der Waals surface area (Å²) in [5, 5.41) is 0. The molecule has 4 nitrogen and oxygen atoms in total. The number of hydrogen-bond acceptors (Lipinski definition) is 3. The minimum absolute atomic E-state index is 0.179. The molecule has 2 heterocycles. The molecule has 21 heavy (non-hydrogen) atoms. The van der Waals surface area contributed by atoms with Gasteiger partial charge >= 0.3 is 0 Å². The Balaban J connectivity index is 1.78. The number of carbonyl (C=O) groups excluding carboxylic acids is 2. The molecule has 2 N–H and O–H groups in total. The number of nitrogens with two attached hydrogens (primary N) is 1. The Morgan fingerprint density at radius 1 is 1.19 bits per heavy atom. The minimum Gasteiger partial charge on any atom is -0.330 e. The maximum Gasteiger partial charge on any atom is 0.231 e. The van der Waals surface area contributed by atoms with E-state index in [9.17, 15) is 9.59 Å². The summed E-state index contributed by atoms with van der Waals surface area (Å²) in [6.45, 7) is 1.51. The number of anilines is 1. The highest BCUT2D eigenvalue weighted by atomic mass is 16.2. The van der Waals surface area contributed by atoms with Gasteiger partial charge in [0.1, 0.15) is 0 Å². The average molecular weight is 286 g/mol. The largest absolute Gasteiger partial charge is 0.330 e. The third kappa shape index (κ3) is 2.72. The van der Waals surface area contributed by atoms with Crippen molar-refractivity contribution in [3.63, 3.8) is 0 Å². The van der Waals surface area contributed by atoms with Crippen LogP contribution in [0.3, 0.4) is 0 Å². The first-order chi connectivity index (χ1) is 10.2. The number of carbonyl (C=O) groups is 2. The van der Waals surface area contributed by atoms with Gasteiger partial charge < -0.3 is 10.6 Å². The highest BCUT2D eigenvalue weighted by Gasteiger charge is 2.32. The van der Waals surface area contributed by atoms with Crippen molar-refractivity contribution in [2.24, 2.45) is 5.73 Å². The maximum absolute atomic E-state index is 12.3. The van der Waals surface area contributed by atoms with Crippen molar-refractivity contribution >= 4 is 17.4 Å². The Morgan fingerprint density at radius 2 is 2.00 bits per heavy atom. The Morgan fingerprint density at radius 3 is 2.81 bits per heavy atom.